The van der Waals surface area contributed by atoms with Crippen LogP contribution in [0.5, 0.6) is 0 Å². The van der Waals surface area contributed by atoms with Crippen LogP contribution in [0.4, 0.5) is 0 Å². The quantitative estimate of drug-likeness (QED) is 0.734. The van der Waals surface area contributed by atoms with E-state index < -0.39 is 10.0 Å². The van der Waals surface area contributed by atoms with Gasteiger partial charge in [0.15, 0.2) is 0 Å². The van der Waals surface area contributed by atoms with Crippen LogP contribution in [0.3, 0.4) is 0 Å². The summed E-state index contributed by atoms with van der Waals surface area (Å²) in [6, 6.07) is 0. The Kier molecular flexibility index (Phi) is 4.41. The molecule has 1 N–H and O–H groups in total. The van der Waals surface area contributed by atoms with Gasteiger partial charge in [-0.15, -0.1) is 0 Å². The van der Waals surface area contributed by atoms with Crippen molar-refractivity contribution in [3.8, 4) is 0 Å². The maximum absolute atomic E-state index is 12.0. The molecule has 0 bridgehead atoms. The lowest BCUT2D eigenvalue weighted by atomic mass is 10.3. The van der Waals surface area contributed by atoms with E-state index >= 15 is 0 Å². The van der Waals surface area contributed by atoms with Gasteiger partial charge in [-0.2, -0.15) is 0 Å². The summed E-state index contributed by atoms with van der Waals surface area (Å²) < 4.78 is 30.9. The maximum Gasteiger partial charge on any atom is 0.213 e. The monoisotopic (exact) mass is 262 g/mol. The molecule has 1 aliphatic heterocycles. The van der Waals surface area contributed by atoms with E-state index in [0.717, 1.165) is 19.5 Å². The van der Waals surface area contributed by atoms with E-state index in [1.165, 1.54) is 17.1 Å². The van der Waals surface area contributed by atoms with Crippen molar-refractivity contribution >= 4 is 10.0 Å². The van der Waals surface area contributed by atoms with Gasteiger partial charge in [0.1, 0.15) is 0 Å². The van der Waals surface area contributed by atoms with Crippen LogP contribution >= 0.6 is 0 Å². The number of nitrogens with one attached hydrogen (secondary N) is 1. The van der Waals surface area contributed by atoms with E-state index in [-0.39, 0.29) is 11.9 Å². The molecule has 1 unspecified atom stereocenters. The van der Waals surface area contributed by atoms with E-state index in [0.29, 0.717) is 19.1 Å². The summed E-state index contributed by atoms with van der Waals surface area (Å²) in [7, 11) is -1.44. The molecule has 1 atom stereocenters. The molecule has 0 aromatic heterocycles. The lowest BCUT2D eigenvalue weighted by Gasteiger charge is -2.27. The normalized spacial score (nSPS) is 26.4. The van der Waals surface area contributed by atoms with Crippen molar-refractivity contribution in [3.05, 3.63) is 0 Å². The fourth-order valence-corrected chi connectivity index (χ4v) is 3.35. The highest BCUT2D eigenvalue weighted by Gasteiger charge is 2.27. The Hall–Kier alpha value is -0.170. The van der Waals surface area contributed by atoms with Crippen molar-refractivity contribution in [2.45, 2.75) is 25.4 Å². The first-order valence-corrected chi connectivity index (χ1v) is 7.95. The zero-order valence-electron chi connectivity index (χ0n) is 10.4. The van der Waals surface area contributed by atoms with Crippen LogP contribution in [0.25, 0.3) is 0 Å². The van der Waals surface area contributed by atoms with Crippen molar-refractivity contribution in [2.75, 3.05) is 39.0 Å². The molecule has 0 aromatic carbocycles. The van der Waals surface area contributed by atoms with Gasteiger partial charge < -0.3 is 10.1 Å². The average Bonchev–Trinajstić information content (AvgIpc) is 3.11. The molecule has 1 saturated heterocycles. The van der Waals surface area contributed by atoms with Crippen LogP contribution in [-0.4, -0.2) is 57.9 Å². The molecule has 5 nitrogen and oxygen atoms in total. The zero-order chi connectivity index (χ0) is 12.3. The molecule has 0 spiro atoms. The fourth-order valence-electron chi connectivity index (χ4n) is 2.02. The van der Waals surface area contributed by atoms with Crippen LogP contribution in [-0.2, 0) is 14.8 Å². The van der Waals surface area contributed by atoms with Gasteiger partial charge in [-0.25, -0.2) is 12.7 Å². The van der Waals surface area contributed by atoms with E-state index in [4.69, 9.17) is 4.74 Å². The number of sulfonamides is 1. The van der Waals surface area contributed by atoms with Gasteiger partial charge in [0.05, 0.1) is 18.5 Å². The Balaban J connectivity index is 1.77. The van der Waals surface area contributed by atoms with Gasteiger partial charge >= 0.3 is 0 Å². The molecule has 1 heterocycles. The highest BCUT2D eigenvalue weighted by atomic mass is 32.2. The summed E-state index contributed by atoms with van der Waals surface area (Å²) in [5.41, 5.74) is 0. The predicted molar refractivity (Wildman–Crippen MR) is 66.4 cm³/mol. The number of morpholine rings is 1. The standard InChI is InChI=1S/C11H22N2O3S/c1-13(9-11-8-12-5-6-16-11)17(14,15)7-4-10-2-3-10/h10-12H,2-9H2,1H3. The van der Waals surface area contributed by atoms with E-state index in [1.807, 2.05) is 0 Å². The second kappa shape index (κ2) is 5.65. The number of hydrogen-bond acceptors (Lipinski definition) is 4. The zero-order valence-corrected chi connectivity index (χ0v) is 11.2. The molecule has 1 aliphatic carbocycles. The van der Waals surface area contributed by atoms with Gasteiger partial charge in [-0.3, -0.25) is 0 Å². The summed E-state index contributed by atoms with van der Waals surface area (Å²) in [6.45, 7) is 2.72. The Morgan fingerprint density at radius 1 is 1.41 bits per heavy atom. The first-order chi connectivity index (χ1) is 8.08. The van der Waals surface area contributed by atoms with Crippen LogP contribution < -0.4 is 5.32 Å². The first kappa shape index (κ1) is 13.3. The number of nitrogens with zero attached hydrogens (tertiary/aromatic N) is 1. The van der Waals surface area contributed by atoms with Crippen molar-refractivity contribution in [1.82, 2.24) is 9.62 Å². The third-order valence-electron chi connectivity index (χ3n) is 3.42. The van der Waals surface area contributed by atoms with E-state index in [2.05, 4.69) is 5.32 Å². The molecule has 0 radical (unpaired) electrons. The Bertz CT molecular complexity index is 335. The third kappa shape index (κ3) is 4.21. The number of likely N-dealkylation sites (N-methyl/N-ethyl adjacent to an activating group) is 1. The predicted octanol–water partition coefficient (Wildman–Crippen LogP) is 0.0365. The van der Waals surface area contributed by atoms with Crippen LogP contribution in [0, 0.1) is 5.92 Å². The molecule has 0 amide bonds. The average molecular weight is 262 g/mol. The molecule has 17 heavy (non-hydrogen) atoms. The third-order valence-corrected chi connectivity index (χ3v) is 5.27. The molecule has 100 valence electrons. The van der Waals surface area contributed by atoms with Crippen molar-refractivity contribution in [1.29, 1.82) is 0 Å². The molecule has 0 aromatic rings. The summed E-state index contributed by atoms with van der Waals surface area (Å²) in [5, 5.41) is 3.21. The SMILES string of the molecule is CN(CC1CNCCO1)S(=O)(=O)CCC1CC1. The molecule has 2 fully saturated rings. The maximum atomic E-state index is 12.0. The molecule has 6 heteroatoms. The summed E-state index contributed by atoms with van der Waals surface area (Å²) in [6.07, 6.45) is 3.21. The first-order valence-electron chi connectivity index (χ1n) is 6.34. The Morgan fingerprint density at radius 2 is 2.18 bits per heavy atom. The van der Waals surface area contributed by atoms with E-state index in [9.17, 15) is 8.42 Å². The van der Waals surface area contributed by atoms with Gasteiger partial charge in [-0.1, -0.05) is 12.8 Å². The highest BCUT2D eigenvalue weighted by Crippen LogP contribution is 2.32. The molecule has 2 aliphatic rings. The summed E-state index contributed by atoms with van der Waals surface area (Å²) >= 11 is 0. The minimum atomic E-state index is -3.09. The lowest BCUT2D eigenvalue weighted by Crippen LogP contribution is -2.46. The van der Waals surface area contributed by atoms with Crippen LogP contribution in [0.1, 0.15) is 19.3 Å². The fraction of sp³-hybridized carbons (Fsp3) is 1.00. The second-order valence-corrected chi connectivity index (χ2v) is 7.22. The van der Waals surface area contributed by atoms with Crippen molar-refractivity contribution in [2.24, 2.45) is 5.92 Å². The molecule has 2 rings (SSSR count). The van der Waals surface area contributed by atoms with Crippen LogP contribution in [0.2, 0.25) is 0 Å². The van der Waals surface area contributed by atoms with Gasteiger partial charge in [0, 0.05) is 26.7 Å². The van der Waals surface area contributed by atoms with E-state index in [1.54, 1.807) is 7.05 Å². The molecular formula is C11H22N2O3S. The number of rotatable bonds is 6. The Morgan fingerprint density at radius 3 is 2.76 bits per heavy atom. The molecular weight excluding hydrogens is 240 g/mol. The largest absolute Gasteiger partial charge is 0.374 e. The lowest BCUT2D eigenvalue weighted by molar-refractivity contribution is 0.0206. The topological polar surface area (TPSA) is 58.6 Å². The van der Waals surface area contributed by atoms with Crippen LogP contribution in [0.15, 0.2) is 0 Å². The summed E-state index contributed by atoms with van der Waals surface area (Å²) in [5.74, 6) is 0.944. The van der Waals surface area contributed by atoms with Gasteiger partial charge in [0.2, 0.25) is 10.0 Å². The van der Waals surface area contributed by atoms with Gasteiger partial charge in [0.25, 0.3) is 0 Å². The van der Waals surface area contributed by atoms with Crippen molar-refractivity contribution < 1.29 is 13.2 Å². The number of ether oxygens (including phenoxy) is 1. The minimum absolute atomic E-state index is 0.00977. The smallest absolute Gasteiger partial charge is 0.213 e. The summed E-state index contributed by atoms with van der Waals surface area (Å²) in [4.78, 5) is 0. The second-order valence-electron chi connectivity index (χ2n) is 5.03. The highest BCUT2D eigenvalue weighted by molar-refractivity contribution is 7.89. The van der Waals surface area contributed by atoms with Gasteiger partial charge in [-0.05, 0) is 12.3 Å². The Labute approximate surface area is 104 Å². The van der Waals surface area contributed by atoms with Crippen molar-refractivity contribution in [3.63, 3.8) is 0 Å². The minimum Gasteiger partial charge on any atom is -0.374 e. The molecule has 1 saturated carbocycles. The number of hydrogen-bond donors (Lipinski definition) is 1.